The molecule has 2 heterocycles. The van der Waals surface area contributed by atoms with Crippen molar-refractivity contribution in [3.63, 3.8) is 0 Å². The molecule has 0 atom stereocenters. The number of carbonyl (C=O) groups is 1. The van der Waals surface area contributed by atoms with Gasteiger partial charge in [0.2, 0.25) is 5.71 Å². The molecule has 0 amide bonds. The number of allylic oxidation sites excluding steroid dienone is 2. The maximum Gasteiger partial charge on any atom is 0.217 e. The van der Waals surface area contributed by atoms with Crippen LogP contribution in [-0.2, 0) is 30.3 Å². The second-order valence-corrected chi connectivity index (χ2v) is 11.9. The molecular weight excluding hydrogens is 675 g/mol. The van der Waals surface area contributed by atoms with E-state index < -0.39 is 0 Å². The number of carbonyl (C=O) groups excluding carboxylic acids is 1. The first kappa shape index (κ1) is 33.2. The number of ketones is 1. The number of furan rings is 1. The molecule has 4 aromatic rings. The molecule has 0 aliphatic rings. The molecule has 4 rings (SSSR count). The fourth-order valence-corrected chi connectivity index (χ4v) is 4.61. The summed E-state index contributed by atoms with van der Waals surface area (Å²) in [6.07, 6.45) is 1.17. The minimum atomic E-state index is -0.125. The summed E-state index contributed by atoms with van der Waals surface area (Å²) in [4.78, 5) is 14.9. The summed E-state index contributed by atoms with van der Waals surface area (Å²) < 4.78 is 6.40. The maximum atomic E-state index is 10.0. The predicted octanol–water partition coefficient (Wildman–Crippen LogP) is 9.85. The van der Waals surface area contributed by atoms with Crippen molar-refractivity contribution in [2.75, 3.05) is 0 Å². The Bertz CT molecular complexity index is 1470. The molecule has 4 nitrogen and oxygen atoms in total. The van der Waals surface area contributed by atoms with Gasteiger partial charge in [0.25, 0.3) is 0 Å². The van der Waals surface area contributed by atoms with Crippen molar-refractivity contribution in [2.45, 2.75) is 86.5 Å². The Labute approximate surface area is 253 Å². The van der Waals surface area contributed by atoms with Gasteiger partial charge in [-0.15, -0.1) is 34.9 Å². The molecule has 0 aliphatic heterocycles. The van der Waals surface area contributed by atoms with Gasteiger partial charge in [0.05, 0.1) is 5.76 Å². The molecule has 0 unspecified atom stereocenters. The third-order valence-corrected chi connectivity index (χ3v) is 6.56. The molecule has 2 aromatic heterocycles. The zero-order chi connectivity index (χ0) is 29.1. The van der Waals surface area contributed by atoms with Crippen molar-refractivity contribution in [3.05, 3.63) is 88.7 Å². The number of hydrogen-bond acceptors (Lipinski definition) is 4. The third kappa shape index (κ3) is 8.25. The third-order valence-electron chi connectivity index (χ3n) is 6.56. The van der Waals surface area contributed by atoms with Crippen LogP contribution in [-0.4, -0.2) is 15.9 Å². The summed E-state index contributed by atoms with van der Waals surface area (Å²) in [6.45, 7) is 20.6. The van der Waals surface area contributed by atoms with Crippen LogP contribution in [0.3, 0.4) is 0 Å². The van der Waals surface area contributed by atoms with E-state index in [4.69, 9.17) is 14.5 Å². The van der Waals surface area contributed by atoms with Gasteiger partial charge in [-0.3, -0.25) is 9.78 Å². The van der Waals surface area contributed by atoms with Crippen molar-refractivity contribution >= 4 is 16.9 Å². The van der Waals surface area contributed by atoms with Gasteiger partial charge >= 0.3 is 0 Å². The molecule has 215 valence electrons. The number of aryl methyl sites for hydroxylation is 1. The van der Waals surface area contributed by atoms with E-state index in [2.05, 4.69) is 110 Å². The molecule has 0 fully saturated rings. The zero-order valence-electron chi connectivity index (χ0n) is 25.4. The Morgan fingerprint density at radius 3 is 2.05 bits per heavy atom. The van der Waals surface area contributed by atoms with Crippen LogP contribution in [0.1, 0.15) is 96.4 Å². The van der Waals surface area contributed by atoms with E-state index in [-0.39, 0.29) is 37.1 Å². The van der Waals surface area contributed by atoms with Crippen molar-refractivity contribution < 1.29 is 34.4 Å². The second-order valence-electron chi connectivity index (χ2n) is 11.9. The number of aliphatic hydroxyl groups excluding tert-OH is 1. The number of benzene rings is 2. The van der Waals surface area contributed by atoms with Gasteiger partial charge in [-0.2, -0.15) is 0 Å². The van der Waals surface area contributed by atoms with E-state index in [1.807, 2.05) is 0 Å². The SMILES string of the molecule is CC(=O)/C=C(/C)O.Cc1[c-]c(-c2ccc3cc(-c4c(C(C)C)cccc4C(C)C)oc3n2)cc(C(C)(C)C)c1.[Ir]. The van der Waals surface area contributed by atoms with E-state index in [9.17, 15) is 4.79 Å². The topological polar surface area (TPSA) is 63.3 Å². The Morgan fingerprint density at radius 1 is 0.975 bits per heavy atom. The van der Waals surface area contributed by atoms with Crippen molar-refractivity contribution in [1.82, 2.24) is 4.98 Å². The van der Waals surface area contributed by atoms with Crippen LogP contribution in [0.15, 0.2) is 64.8 Å². The van der Waals surface area contributed by atoms with Gasteiger partial charge in [0.1, 0.15) is 5.76 Å². The molecule has 40 heavy (non-hydrogen) atoms. The molecule has 0 saturated carbocycles. The Kier molecular flexibility index (Phi) is 11.3. The molecule has 1 radical (unpaired) electrons. The van der Waals surface area contributed by atoms with Crippen LogP contribution in [0.2, 0.25) is 0 Å². The minimum absolute atomic E-state index is 0. The van der Waals surface area contributed by atoms with Crippen LogP contribution in [0, 0.1) is 13.0 Å². The molecule has 0 aliphatic carbocycles. The predicted molar refractivity (Wildman–Crippen MR) is 162 cm³/mol. The molecule has 0 spiro atoms. The first-order chi connectivity index (χ1) is 18.2. The van der Waals surface area contributed by atoms with Crippen molar-refractivity contribution in [2.24, 2.45) is 0 Å². The number of fused-ring (bicyclic) bond motifs is 1. The number of rotatable bonds is 5. The summed E-state index contributed by atoms with van der Waals surface area (Å²) in [7, 11) is 0. The number of hydrogen-bond donors (Lipinski definition) is 1. The summed E-state index contributed by atoms with van der Waals surface area (Å²) >= 11 is 0. The average molecular weight is 717 g/mol. The summed E-state index contributed by atoms with van der Waals surface area (Å²) in [6, 6.07) is 20.8. The maximum absolute atomic E-state index is 10.0. The van der Waals surface area contributed by atoms with Crippen LogP contribution in [0.25, 0.3) is 33.7 Å². The smallest absolute Gasteiger partial charge is 0.217 e. The first-order valence-electron chi connectivity index (χ1n) is 13.6. The van der Waals surface area contributed by atoms with Crippen molar-refractivity contribution in [3.8, 4) is 22.6 Å². The quantitative estimate of drug-likeness (QED) is 0.127. The zero-order valence-corrected chi connectivity index (χ0v) is 27.8. The van der Waals surface area contributed by atoms with Gasteiger partial charge in [-0.25, -0.2) is 0 Å². The molecule has 1 N–H and O–H groups in total. The fourth-order valence-electron chi connectivity index (χ4n) is 4.61. The average Bonchev–Trinajstić information content (AvgIpc) is 3.25. The Hall–Kier alpha value is -3.01. The summed E-state index contributed by atoms with van der Waals surface area (Å²) in [5.41, 5.74) is 8.93. The Morgan fingerprint density at radius 2 is 1.57 bits per heavy atom. The van der Waals surface area contributed by atoms with Crippen LogP contribution in [0.5, 0.6) is 0 Å². The number of aromatic nitrogens is 1. The minimum Gasteiger partial charge on any atom is -0.512 e. The van der Waals surface area contributed by atoms with Crippen LogP contribution >= 0.6 is 0 Å². The Balaban J connectivity index is 0.000000623. The monoisotopic (exact) mass is 717 g/mol. The van der Waals surface area contributed by atoms with Crippen molar-refractivity contribution in [1.29, 1.82) is 0 Å². The van der Waals surface area contributed by atoms with Gasteiger partial charge in [-0.1, -0.05) is 85.7 Å². The van der Waals surface area contributed by atoms with Crippen LogP contribution in [0.4, 0.5) is 0 Å². The van der Waals surface area contributed by atoms with E-state index in [0.29, 0.717) is 17.5 Å². The number of nitrogens with zero attached hydrogens (tertiary/aromatic N) is 1. The molecular formula is C35H42IrNO3-. The fraction of sp³-hybridized carbons (Fsp3) is 0.371. The van der Waals surface area contributed by atoms with E-state index in [0.717, 1.165) is 28.0 Å². The molecule has 5 heteroatoms. The standard InChI is InChI=1S/C30H34NO.C5H8O2.Ir/c1-18(2)24-10-9-11-25(19(3)4)28(24)27-17-21-12-13-26(31-29(21)32-27)22-14-20(5)15-23(16-22)30(6,7)8;1-4(6)3-5(2)7;/h9-13,15-19H,1-8H3;3,6H,1-2H3;/q-1;;/b;4-3-;. The van der Waals surface area contributed by atoms with E-state index in [1.165, 1.54) is 42.2 Å². The van der Waals surface area contributed by atoms with E-state index >= 15 is 0 Å². The second kappa shape index (κ2) is 13.6. The van der Waals surface area contributed by atoms with Gasteiger partial charge in [-0.05, 0) is 54.0 Å². The molecule has 0 bridgehead atoms. The first-order valence-corrected chi connectivity index (χ1v) is 13.6. The van der Waals surface area contributed by atoms with E-state index in [1.54, 1.807) is 0 Å². The normalized spacial score (nSPS) is 11.8. The largest absolute Gasteiger partial charge is 0.512 e. The summed E-state index contributed by atoms with van der Waals surface area (Å²) in [5, 5.41) is 9.39. The van der Waals surface area contributed by atoms with Gasteiger partial charge in [0, 0.05) is 37.1 Å². The summed E-state index contributed by atoms with van der Waals surface area (Å²) in [5.74, 6) is 1.67. The molecule has 2 aromatic carbocycles. The number of aliphatic hydroxyl groups is 1. The van der Waals surface area contributed by atoms with Gasteiger partial charge < -0.3 is 9.52 Å². The molecule has 0 saturated heterocycles. The van der Waals surface area contributed by atoms with Crippen LogP contribution < -0.4 is 0 Å². The number of pyridine rings is 1. The van der Waals surface area contributed by atoms with Gasteiger partial charge in [0.15, 0.2) is 5.78 Å².